The van der Waals surface area contributed by atoms with Gasteiger partial charge in [0.25, 0.3) is 5.91 Å². The van der Waals surface area contributed by atoms with Crippen molar-refractivity contribution in [2.45, 2.75) is 59.5 Å². The second kappa shape index (κ2) is 7.24. The highest BCUT2D eigenvalue weighted by Crippen LogP contribution is 2.17. The molecule has 6 nitrogen and oxygen atoms in total. The molecule has 0 saturated carbocycles. The number of aryl methyl sites for hydroxylation is 1. The molecule has 0 saturated heterocycles. The molecule has 0 aliphatic heterocycles. The molecule has 118 valence electrons. The Kier molecular flexibility index (Phi) is 5.93. The molecule has 1 atom stereocenters. The third-order valence-electron chi connectivity index (χ3n) is 3.60. The Bertz CT molecular complexity index is 508. The number of aliphatic carboxylic acids is 1. The standard InChI is InChI=1S/C15H25N3O3/c1-6-11(5)17(9-14(19)20)15(21)13-8-12(10(3)4)16-18(13)7-2/h8,10-11H,6-7,9H2,1-5H3,(H,19,20). The molecule has 21 heavy (non-hydrogen) atoms. The lowest BCUT2D eigenvalue weighted by molar-refractivity contribution is -0.138. The summed E-state index contributed by atoms with van der Waals surface area (Å²) in [7, 11) is 0. The van der Waals surface area contributed by atoms with Crippen LogP contribution >= 0.6 is 0 Å². The minimum Gasteiger partial charge on any atom is -0.480 e. The van der Waals surface area contributed by atoms with E-state index in [0.29, 0.717) is 18.7 Å². The monoisotopic (exact) mass is 295 g/mol. The molecule has 1 N–H and O–H groups in total. The maximum absolute atomic E-state index is 12.7. The van der Waals surface area contributed by atoms with Crippen LogP contribution in [0.1, 0.15) is 63.1 Å². The number of hydrogen-bond acceptors (Lipinski definition) is 3. The van der Waals surface area contributed by atoms with Gasteiger partial charge in [-0.15, -0.1) is 0 Å². The van der Waals surface area contributed by atoms with Gasteiger partial charge in [0.1, 0.15) is 12.2 Å². The molecule has 1 amide bonds. The van der Waals surface area contributed by atoms with E-state index < -0.39 is 5.97 Å². The second-order valence-corrected chi connectivity index (χ2v) is 5.51. The topological polar surface area (TPSA) is 75.4 Å². The number of carboxylic acids is 1. The molecule has 1 aromatic rings. The zero-order valence-corrected chi connectivity index (χ0v) is 13.5. The summed E-state index contributed by atoms with van der Waals surface area (Å²) in [5, 5.41) is 13.4. The first-order valence-electron chi connectivity index (χ1n) is 7.42. The molecule has 1 aromatic heterocycles. The van der Waals surface area contributed by atoms with Gasteiger partial charge in [0, 0.05) is 12.6 Å². The van der Waals surface area contributed by atoms with Gasteiger partial charge < -0.3 is 10.0 Å². The maximum Gasteiger partial charge on any atom is 0.323 e. The van der Waals surface area contributed by atoms with Gasteiger partial charge in [0.05, 0.1) is 5.69 Å². The smallest absolute Gasteiger partial charge is 0.323 e. The van der Waals surface area contributed by atoms with E-state index in [1.54, 1.807) is 10.7 Å². The van der Waals surface area contributed by atoms with Gasteiger partial charge in [-0.1, -0.05) is 20.8 Å². The second-order valence-electron chi connectivity index (χ2n) is 5.51. The van der Waals surface area contributed by atoms with Crippen LogP contribution in [-0.4, -0.2) is 44.3 Å². The van der Waals surface area contributed by atoms with Crippen LogP contribution in [-0.2, 0) is 11.3 Å². The average Bonchev–Trinajstić information content (AvgIpc) is 2.87. The quantitative estimate of drug-likeness (QED) is 0.838. The van der Waals surface area contributed by atoms with Crippen molar-refractivity contribution in [1.29, 1.82) is 0 Å². The van der Waals surface area contributed by atoms with Crippen LogP contribution in [0.3, 0.4) is 0 Å². The van der Waals surface area contributed by atoms with Crippen molar-refractivity contribution in [3.63, 3.8) is 0 Å². The number of aromatic nitrogens is 2. The third kappa shape index (κ3) is 4.06. The van der Waals surface area contributed by atoms with Crippen LogP contribution in [0.5, 0.6) is 0 Å². The molecule has 0 aliphatic rings. The summed E-state index contributed by atoms with van der Waals surface area (Å²) in [5.74, 6) is -1.05. The fourth-order valence-electron chi connectivity index (χ4n) is 2.07. The van der Waals surface area contributed by atoms with E-state index in [4.69, 9.17) is 5.11 Å². The van der Waals surface area contributed by atoms with Crippen molar-refractivity contribution in [1.82, 2.24) is 14.7 Å². The Morgan fingerprint density at radius 1 is 1.33 bits per heavy atom. The summed E-state index contributed by atoms with van der Waals surface area (Å²) < 4.78 is 1.65. The maximum atomic E-state index is 12.7. The largest absolute Gasteiger partial charge is 0.480 e. The lowest BCUT2D eigenvalue weighted by Crippen LogP contribution is -2.42. The minimum atomic E-state index is -1.00. The van der Waals surface area contributed by atoms with E-state index in [2.05, 4.69) is 5.10 Å². The van der Waals surface area contributed by atoms with Gasteiger partial charge in [-0.3, -0.25) is 14.3 Å². The van der Waals surface area contributed by atoms with Crippen LogP contribution < -0.4 is 0 Å². The van der Waals surface area contributed by atoms with E-state index in [0.717, 1.165) is 5.69 Å². The molecule has 0 radical (unpaired) electrons. The van der Waals surface area contributed by atoms with Gasteiger partial charge in [-0.25, -0.2) is 0 Å². The van der Waals surface area contributed by atoms with Gasteiger partial charge in [-0.2, -0.15) is 5.10 Å². The van der Waals surface area contributed by atoms with Gasteiger partial charge in [0.2, 0.25) is 0 Å². The molecule has 0 spiro atoms. The van der Waals surface area contributed by atoms with Crippen molar-refractivity contribution >= 4 is 11.9 Å². The summed E-state index contributed by atoms with van der Waals surface area (Å²) in [4.78, 5) is 25.1. The SMILES string of the molecule is CCC(C)N(CC(=O)O)C(=O)c1cc(C(C)C)nn1CC. The summed E-state index contributed by atoms with van der Waals surface area (Å²) in [6.45, 7) is 10.0. The predicted octanol–water partition coefficient (Wildman–Crippen LogP) is 2.35. The molecule has 1 heterocycles. The number of carbonyl (C=O) groups excluding carboxylic acids is 1. The zero-order chi connectivity index (χ0) is 16.2. The third-order valence-corrected chi connectivity index (χ3v) is 3.60. The number of rotatable bonds is 7. The van der Waals surface area contributed by atoms with E-state index >= 15 is 0 Å². The van der Waals surface area contributed by atoms with Crippen LogP contribution in [0.15, 0.2) is 6.07 Å². The predicted molar refractivity (Wildman–Crippen MR) is 80.4 cm³/mol. The van der Waals surface area contributed by atoms with Crippen molar-refractivity contribution in [2.75, 3.05) is 6.54 Å². The van der Waals surface area contributed by atoms with Crippen molar-refractivity contribution in [2.24, 2.45) is 0 Å². The van der Waals surface area contributed by atoms with Crippen molar-refractivity contribution < 1.29 is 14.7 Å². The number of carbonyl (C=O) groups is 2. The molecule has 0 aromatic carbocycles. The van der Waals surface area contributed by atoms with Gasteiger partial charge >= 0.3 is 5.97 Å². The molecular formula is C15H25N3O3. The first-order valence-corrected chi connectivity index (χ1v) is 7.42. The minimum absolute atomic E-state index is 0.128. The molecule has 0 bridgehead atoms. The average molecular weight is 295 g/mol. The fourth-order valence-corrected chi connectivity index (χ4v) is 2.07. The molecule has 1 rings (SSSR count). The Labute approximate surface area is 125 Å². The highest BCUT2D eigenvalue weighted by Gasteiger charge is 2.26. The van der Waals surface area contributed by atoms with E-state index in [1.807, 2.05) is 34.6 Å². The summed E-state index contributed by atoms with van der Waals surface area (Å²) in [6, 6.07) is 1.64. The number of hydrogen-bond donors (Lipinski definition) is 1. The Morgan fingerprint density at radius 2 is 1.95 bits per heavy atom. The molecule has 0 fully saturated rings. The number of carboxylic acid groups (broad SMARTS) is 1. The Hall–Kier alpha value is -1.85. The molecular weight excluding hydrogens is 270 g/mol. The van der Waals surface area contributed by atoms with E-state index in [1.165, 1.54) is 4.90 Å². The van der Waals surface area contributed by atoms with Crippen LogP contribution in [0.2, 0.25) is 0 Å². The van der Waals surface area contributed by atoms with Crippen molar-refractivity contribution in [3.8, 4) is 0 Å². The lowest BCUT2D eigenvalue weighted by Gasteiger charge is -2.26. The molecule has 0 aliphatic carbocycles. The van der Waals surface area contributed by atoms with Crippen LogP contribution in [0.4, 0.5) is 0 Å². The van der Waals surface area contributed by atoms with Gasteiger partial charge in [-0.05, 0) is 32.3 Å². The van der Waals surface area contributed by atoms with E-state index in [9.17, 15) is 9.59 Å². The normalized spacial score (nSPS) is 12.5. The first kappa shape index (κ1) is 17.2. The Morgan fingerprint density at radius 3 is 2.38 bits per heavy atom. The molecule has 6 heteroatoms. The highest BCUT2D eigenvalue weighted by atomic mass is 16.4. The molecule has 1 unspecified atom stereocenters. The van der Waals surface area contributed by atoms with E-state index in [-0.39, 0.29) is 24.4 Å². The number of nitrogens with zero attached hydrogens (tertiary/aromatic N) is 3. The lowest BCUT2D eigenvalue weighted by atomic mass is 10.1. The first-order chi connectivity index (χ1) is 9.81. The fraction of sp³-hybridized carbons (Fsp3) is 0.667. The summed E-state index contributed by atoms with van der Waals surface area (Å²) in [5.41, 5.74) is 1.31. The highest BCUT2D eigenvalue weighted by molar-refractivity contribution is 5.94. The van der Waals surface area contributed by atoms with Crippen LogP contribution in [0, 0.1) is 0 Å². The van der Waals surface area contributed by atoms with Gasteiger partial charge in [0.15, 0.2) is 0 Å². The van der Waals surface area contributed by atoms with Crippen molar-refractivity contribution in [3.05, 3.63) is 17.5 Å². The zero-order valence-electron chi connectivity index (χ0n) is 13.5. The van der Waals surface area contributed by atoms with Crippen LogP contribution in [0.25, 0.3) is 0 Å². The summed E-state index contributed by atoms with van der Waals surface area (Å²) in [6.07, 6.45) is 0.705. The Balaban J connectivity index is 3.16. The summed E-state index contributed by atoms with van der Waals surface area (Å²) >= 11 is 0. The number of amides is 1.